The summed E-state index contributed by atoms with van der Waals surface area (Å²) in [6.45, 7) is 4.24. The summed E-state index contributed by atoms with van der Waals surface area (Å²) in [5, 5.41) is 6.50. The number of aromatic nitrogens is 3. The summed E-state index contributed by atoms with van der Waals surface area (Å²) in [7, 11) is 5.52. The van der Waals surface area contributed by atoms with Crippen molar-refractivity contribution in [3.63, 3.8) is 0 Å². The van der Waals surface area contributed by atoms with Crippen LogP contribution in [0.2, 0.25) is 0 Å². The number of nitrogens with zero attached hydrogens (tertiary/aromatic N) is 5. The molecule has 1 aromatic carbocycles. The van der Waals surface area contributed by atoms with Crippen molar-refractivity contribution >= 4 is 41.3 Å². The van der Waals surface area contributed by atoms with Crippen LogP contribution < -0.4 is 5.32 Å². The minimum atomic E-state index is 0. The molecule has 0 radical (unpaired) electrons. The van der Waals surface area contributed by atoms with Gasteiger partial charge in [0.05, 0.1) is 18.6 Å². The van der Waals surface area contributed by atoms with Crippen LogP contribution in [0.15, 0.2) is 53.4 Å². The van der Waals surface area contributed by atoms with E-state index in [0.29, 0.717) is 13.1 Å². The summed E-state index contributed by atoms with van der Waals surface area (Å²) in [5.41, 5.74) is 3.47. The Hall–Kier alpha value is -1.98. The Morgan fingerprint density at radius 1 is 1.30 bits per heavy atom. The largest absolute Gasteiger partial charge is 0.375 e. The fourth-order valence-electron chi connectivity index (χ4n) is 2.92. The van der Waals surface area contributed by atoms with Gasteiger partial charge in [-0.15, -0.1) is 35.3 Å². The highest BCUT2D eigenvalue weighted by molar-refractivity contribution is 14.0. The molecule has 0 saturated heterocycles. The molecular weight excluding hydrogens is 511 g/mol. The van der Waals surface area contributed by atoms with E-state index >= 15 is 0 Å². The van der Waals surface area contributed by atoms with E-state index in [2.05, 4.69) is 59.4 Å². The van der Waals surface area contributed by atoms with E-state index in [-0.39, 0.29) is 30.1 Å². The molecule has 0 aliphatic rings. The molecule has 0 bridgehead atoms. The van der Waals surface area contributed by atoms with Gasteiger partial charge < -0.3 is 19.5 Å². The van der Waals surface area contributed by atoms with E-state index in [1.165, 1.54) is 11.1 Å². The van der Waals surface area contributed by atoms with E-state index in [1.54, 1.807) is 31.7 Å². The number of aliphatic imine (C=N–C) groups is 1. The van der Waals surface area contributed by atoms with E-state index in [1.807, 2.05) is 26.5 Å². The summed E-state index contributed by atoms with van der Waals surface area (Å²) < 4.78 is 7.40. The summed E-state index contributed by atoms with van der Waals surface area (Å²) in [6.07, 6.45) is 5.62. The van der Waals surface area contributed by atoms with Gasteiger partial charge in [0.15, 0.2) is 5.96 Å². The lowest BCUT2D eigenvalue weighted by Crippen LogP contribution is -2.38. The van der Waals surface area contributed by atoms with Crippen LogP contribution in [0.25, 0.3) is 0 Å². The first-order valence-electron chi connectivity index (χ1n) is 9.51. The fourth-order valence-corrected chi connectivity index (χ4v) is 3.76. The van der Waals surface area contributed by atoms with Crippen molar-refractivity contribution in [3.05, 3.63) is 70.2 Å². The minimum absolute atomic E-state index is 0. The van der Waals surface area contributed by atoms with Gasteiger partial charge in [-0.3, -0.25) is 4.99 Å². The number of benzene rings is 1. The Balaban J connectivity index is 0.00000320. The van der Waals surface area contributed by atoms with Crippen molar-refractivity contribution < 1.29 is 4.74 Å². The highest BCUT2D eigenvalue weighted by Gasteiger charge is 2.12. The Bertz CT molecular complexity index is 910. The van der Waals surface area contributed by atoms with Gasteiger partial charge in [-0.05, 0) is 18.1 Å². The second-order valence-corrected chi connectivity index (χ2v) is 7.75. The molecule has 2 heterocycles. The number of nitrogens with one attached hydrogen (secondary N) is 1. The van der Waals surface area contributed by atoms with Crippen LogP contribution in [0.3, 0.4) is 0 Å². The average molecular weight is 540 g/mol. The third-order valence-electron chi connectivity index (χ3n) is 4.64. The standard InChI is InChI=1S/C21H28N6OS.HI/c1-16(28-4)20-25-19(14-29-20)13-26(3)21(22-2)24-11-17-5-7-18(8-6-17)12-27-10-9-23-15-27;/h5-10,14-16H,11-13H2,1-4H3,(H,22,24);1H. The Morgan fingerprint density at radius 2 is 2.03 bits per heavy atom. The van der Waals surface area contributed by atoms with Crippen molar-refractivity contribution in [3.8, 4) is 0 Å². The maximum atomic E-state index is 5.34. The number of thiazole rings is 1. The molecule has 1 unspecified atom stereocenters. The lowest BCUT2D eigenvalue weighted by molar-refractivity contribution is 0.119. The highest BCUT2D eigenvalue weighted by Crippen LogP contribution is 2.20. The van der Waals surface area contributed by atoms with Crippen LogP contribution >= 0.6 is 35.3 Å². The normalized spacial score (nSPS) is 12.3. The summed E-state index contributed by atoms with van der Waals surface area (Å²) in [6, 6.07) is 8.59. The lowest BCUT2D eigenvalue weighted by atomic mass is 10.1. The molecule has 0 spiro atoms. The third-order valence-corrected chi connectivity index (χ3v) is 5.70. The molecule has 9 heteroatoms. The number of halogens is 1. The maximum absolute atomic E-state index is 5.34. The van der Waals surface area contributed by atoms with E-state index in [0.717, 1.165) is 23.2 Å². The Morgan fingerprint density at radius 3 is 2.67 bits per heavy atom. The summed E-state index contributed by atoms with van der Waals surface area (Å²) >= 11 is 1.63. The Labute approximate surface area is 199 Å². The van der Waals surface area contributed by atoms with Gasteiger partial charge in [0, 0.05) is 52.1 Å². The molecule has 0 amide bonds. The van der Waals surface area contributed by atoms with Crippen molar-refractivity contribution in [1.29, 1.82) is 0 Å². The van der Waals surface area contributed by atoms with Crippen LogP contribution in [0, 0.1) is 0 Å². The lowest BCUT2D eigenvalue weighted by Gasteiger charge is -2.21. The second-order valence-electron chi connectivity index (χ2n) is 6.86. The quantitative estimate of drug-likeness (QED) is 0.267. The first-order chi connectivity index (χ1) is 14.1. The fraction of sp³-hybridized carbons (Fsp3) is 0.381. The predicted octanol–water partition coefficient (Wildman–Crippen LogP) is 3.92. The zero-order valence-electron chi connectivity index (χ0n) is 17.8. The molecule has 0 aliphatic heterocycles. The minimum Gasteiger partial charge on any atom is -0.375 e. The molecule has 0 saturated carbocycles. The molecule has 162 valence electrons. The molecule has 7 nitrogen and oxygen atoms in total. The maximum Gasteiger partial charge on any atom is 0.194 e. The van der Waals surface area contributed by atoms with Gasteiger partial charge in [0.1, 0.15) is 11.1 Å². The number of hydrogen-bond acceptors (Lipinski definition) is 5. The molecule has 0 fully saturated rings. The van der Waals surface area contributed by atoms with E-state index in [4.69, 9.17) is 4.74 Å². The van der Waals surface area contributed by atoms with Crippen molar-refractivity contribution in [2.45, 2.75) is 32.7 Å². The van der Waals surface area contributed by atoms with Crippen molar-refractivity contribution in [2.24, 2.45) is 4.99 Å². The third kappa shape index (κ3) is 6.78. The van der Waals surface area contributed by atoms with E-state index in [9.17, 15) is 0 Å². The van der Waals surface area contributed by atoms with Gasteiger partial charge in [0.25, 0.3) is 0 Å². The molecular formula is C21H29IN6OS. The van der Waals surface area contributed by atoms with Gasteiger partial charge in [-0.2, -0.15) is 0 Å². The van der Waals surface area contributed by atoms with Crippen LogP contribution in [-0.2, 0) is 24.4 Å². The molecule has 2 aromatic heterocycles. The van der Waals surface area contributed by atoms with E-state index < -0.39 is 0 Å². The van der Waals surface area contributed by atoms with Gasteiger partial charge in [-0.1, -0.05) is 24.3 Å². The van der Waals surface area contributed by atoms with Crippen LogP contribution in [0.1, 0.15) is 34.9 Å². The Kier molecular flexibility index (Phi) is 9.73. The molecule has 3 aromatic rings. The monoisotopic (exact) mass is 540 g/mol. The van der Waals surface area contributed by atoms with Crippen LogP contribution in [0.4, 0.5) is 0 Å². The molecule has 30 heavy (non-hydrogen) atoms. The van der Waals surface area contributed by atoms with Crippen LogP contribution in [-0.4, -0.2) is 46.6 Å². The predicted molar refractivity (Wildman–Crippen MR) is 132 cm³/mol. The topological polar surface area (TPSA) is 67.6 Å². The zero-order valence-corrected chi connectivity index (χ0v) is 20.9. The number of rotatable bonds is 8. The number of ether oxygens (including phenoxy) is 1. The second kappa shape index (κ2) is 12.0. The van der Waals surface area contributed by atoms with Gasteiger partial charge in [0.2, 0.25) is 0 Å². The van der Waals surface area contributed by atoms with Crippen molar-refractivity contribution in [1.82, 2.24) is 24.8 Å². The number of guanidine groups is 1. The van der Waals surface area contributed by atoms with Crippen molar-refractivity contribution in [2.75, 3.05) is 21.2 Å². The first-order valence-corrected chi connectivity index (χ1v) is 10.4. The SMILES string of the molecule is CN=C(NCc1ccc(Cn2ccnc2)cc1)N(C)Cc1csc(C(C)OC)n1.I. The molecule has 1 N–H and O–H groups in total. The smallest absolute Gasteiger partial charge is 0.194 e. The number of hydrogen-bond donors (Lipinski definition) is 1. The summed E-state index contributed by atoms with van der Waals surface area (Å²) in [5.74, 6) is 0.835. The van der Waals surface area contributed by atoms with Gasteiger partial charge in [-0.25, -0.2) is 9.97 Å². The number of methoxy groups -OCH3 is 1. The molecule has 3 rings (SSSR count). The highest BCUT2D eigenvalue weighted by atomic mass is 127. The summed E-state index contributed by atoms with van der Waals surface area (Å²) in [4.78, 5) is 15.2. The molecule has 1 atom stereocenters. The number of imidazole rings is 1. The average Bonchev–Trinajstić information content (AvgIpc) is 3.41. The van der Waals surface area contributed by atoms with Gasteiger partial charge >= 0.3 is 0 Å². The molecule has 0 aliphatic carbocycles. The zero-order chi connectivity index (χ0) is 20.6. The van der Waals surface area contributed by atoms with Crippen LogP contribution in [0.5, 0.6) is 0 Å². The first kappa shape index (κ1) is 24.3.